The van der Waals surface area contributed by atoms with Crippen LogP contribution in [0.5, 0.6) is 0 Å². The second-order valence-corrected chi connectivity index (χ2v) is 15.7. The van der Waals surface area contributed by atoms with Gasteiger partial charge in [-0.25, -0.2) is 9.97 Å². The maximum absolute atomic E-state index is 5.35. The fourth-order valence-electron chi connectivity index (χ4n) is 9.22. The normalized spacial score (nSPS) is 12.9. The highest BCUT2D eigenvalue weighted by molar-refractivity contribution is 6.06. The molecule has 1 aromatic heterocycles. The van der Waals surface area contributed by atoms with Crippen molar-refractivity contribution >= 4 is 32.3 Å². The minimum atomic E-state index is -0.118. The van der Waals surface area contributed by atoms with Gasteiger partial charge in [0.1, 0.15) is 0 Å². The molecule has 2 heteroatoms. The molecule has 0 saturated carbocycles. The third-order valence-corrected chi connectivity index (χ3v) is 12.1. The molecule has 0 saturated heterocycles. The molecule has 0 N–H and O–H groups in total. The zero-order chi connectivity index (χ0) is 38.1. The number of hydrogen-bond donors (Lipinski definition) is 0. The Morgan fingerprint density at radius 2 is 0.877 bits per heavy atom. The minimum absolute atomic E-state index is 0.118. The van der Waals surface area contributed by atoms with Gasteiger partial charge in [0.2, 0.25) is 0 Å². The summed E-state index contributed by atoms with van der Waals surface area (Å²) in [7, 11) is 0. The Labute approximate surface area is 332 Å². The lowest BCUT2D eigenvalue weighted by molar-refractivity contribution is 0.661. The molecule has 11 rings (SSSR count). The third-order valence-electron chi connectivity index (χ3n) is 12.1. The standard InChI is InChI=1S/C55H38N2/c1-55(2)49-31-27-36-15-7-9-22-44(36)53(49)48-28-26-39(33-50(48)55)43-29-30-47(46-24-11-10-23-45(43)46)54-56-51(37-16-4-3-5-17-37)34-52(57-54)40-20-12-19-38(32-40)42-25-13-18-35-14-6-8-21-41(35)42/h3-34H,1-2H3. The van der Waals surface area contributed by atoms with Gasteiger partial charge >= 0.3 is 0 Å². The van der Waals surface area contributed by atoms with Crippen LogP contribution in [0.3, 0.4) is 0 Å². The Morgan fingerprint density at radius 1 is 0.333 bits per heavy atom. The first kappa shape index (κ1) is 33.2. The van der Waals surface area contributed by atoms with E-state index >= 15 is 0 Å². The second kappa shape index (κ2) is 13.0. The van der Waals surface area contributed by atoms with E-state index in [-0.39, 0.29) is 5.41 Å². The van der Waals surface area contributed by atoms with Gasteiger partial charge < -0.3 is 0 Å². The summed E-state index contributed by atoms with van der Waals surface area (Å²) in [6, 6.07) is 70.1. The lowest BCUT2D eigenvalue weighted by atomic mass is 9.81. The molecule has 10 aromatic rings. The van der Waals surface area contributed by atoms with Crippen LogP contribution in [-0.2, 0) is 5.41 Å². The summed E-state index contributed by atoms with van der Waals surface area (Å²) >= 11 is 0. The zero-order valence-electron chi connectivity index (χ0n) is 31.9. The van der Waals surface area contributed by atoms with Crippen molar-refractivity contribution in [3.63, 3.8) is 0 Å². The van der Waals surface area contributed by atoms with Gasteiger partial charge in [0.15, 0.2) is 5.82 Å². The van der Waals surface area contributed by atoms with Gasteiger partial charge in [-0.1, -0.05) is 184 Å². The molecule has 0 spiro atoms. The Morgan fingerprint density at radius 3 is 1.68 bits per heavy atom. The molecule has 0 aliphatic heterocycles. The van der Waals surface area contributed by atoms with Crippen molar-refractivity contribution in [3.05, 3.63) is 205 Å². The van der Waals surface area contributed by atoms with E-state index in [4.69, 9.17) is 9.97 Å². The van der Waals surface area contributed by atoms with Gasteiger partial charge in [0, 0.05) is 22.1 Å². The van der Waals surface area contributed by atoms with Gasteiger partial charge in [0.25, 0.3) is 0 Å². The highest BCUT2D eigenvalue weighted by atomic mass is 14.9. The van der Waals surface area contributed by atoms with Crippen molar-refractivity contribution in [3.8, 4) is 67.3 Å². The monoisotopic (exact) mass is 726 g/mol. The Hall–Kier alpha value is -7.16. The van der Waals surface area contributed by atoms with E-state index in [1.807, 2.05) is 6.07 Å². The van der Waals surface area contributed by atoms with E-state index < -0.39 is 0 Å². The number of rotatable bonds is 5. The van der Waals surface area contributed by atoms with Crippen molar-refractivity contribution in [2.24, 2.45) is 0 Å². The SMILES string of the molecule is CC1(C)c2cc(-c3ccc(-c4nc(-c5ccccc5)cc(-c5cccc(-c6cccc7ccccc67)c5)n4)c4ccccc34)ccc2-c2c1ccc1ccccc21. The fourth-order valence-corrected chi connectivity index (χ4v) is 9.22. The van der Waals surface area contributed by atoms with Crippen LogP contribution in [0.15, 0.2) is 194 Å². The maximum Gasteiger partial charge on any atom is 0.161 e. The summed E-state index contributed by atoms with van der Waals surface area (Å²) in [6.07, 6.45) is 0. The Kier molecular flexibility index (Phi) is 7.55. The maximum atomic E-state index is 5.35. The topological polar surface area (TPSA) is 25.8 Å². The van der Waals surface area contributed by atoms with Gasteiger partial charge in [-0.15, -0.1) is 0 Å². The molecule has 268 valence electrons. The minimum Gasteiger partial charge on any atom is -0.228 e. The van der Waals surface area contributed by atoms with Crippen LogP contribution < -0.4 is 0 Å². The number of hydrogen-bond acceptors (Lipinski definition) is 2. The van der Waals surface area contributed by atoms with Crippen molar-refractivity contribution in [2.75, 3.05) is 0 Å². The lowest BCUT2D eigenvalue weighted by Gasteiger charge is -2.22. The molecule has 0 amide bonds. The van der Waals surface area contributed by atoms with E-state index in [1.165, 1.54) is 65.9 Å². The van der Waals surface area contributed by atoms with Crippen LogP contribution in [0, 0.1) is 0 Å². The van der Waals surface area contributed by atoms with Gasteiger partial charge in [-0.05, 0) is 101 Å². The third kappa shape index (κ3) is 5.40. The molecule has 0 bridgehead atoms. The summed E-state index contributed by atoms with van der Waals surface area (Å²) < 4.78 is 0. The zero-order valence-corrected chi connectivity index (χ0v) is 31.9. The van der Waals surface area contributed by atoms with Crippen LogP contribution in [-0.4, -0.2) is 9.97 Å². The molecule has 0 fully saturated rings. The molecule has 57 heavy (non-hydrogen) atoms. The molecule has 1 heterocycles. The highest BCUT2D eigenvalue weighted by Gasteiger charge is 2.36. The smallest absolute Gasteiger partial charge is 0.161 e. The number of fused-ring (bicyclic) bond motifs is 7. The van der Waals surface area contributed by atoms with Gasteiger partial charge in [-0.2, -0.15) is 0 Å². The quantitative estimate of drug-likeness (QED) is 0.176. The van der Waals surface area contributed by atoms with E-state index in [2.05, 4.69) is 202 Å². The fraction of sp³-hybridized carbons (Fsp3) is 0.0545. The molecule has 0 unspecified atom stereocenters. The lowest BCUT2D eigenvalue weighted by Crippen LogP contribution is -2.15. The van der Waals surface area contributed by atoms with Crippen molar-refractivity contribution in [2.45, 2.75) is 19.3 Å². The molecule has 9 aromatic carbocycles. The number of benzene rings is 9. The first-order valence-electron chi connectivity index (χ1n) is 19.7. The average Bonchev–Trinajstić information content (AvgIpc) is 3.51. The van der Waals surface area contributed by atoms with Crippen LogP contribution in [0.25, 0.3) is 99.6 Å². The molecule has 1 aliphatic rings. The van der Waals surface area contributed by atoms with E-state index in [1.54, 1.807) is 0 Å². The first-order chi connectivity index (χ1) is 28.0. The predicted molar refractivity (Wildman–Crippen MR) is 239 cm³/mol. The molecular formula is C55H38N2. The van der Waals surface area contributed by atoms with Crippen LogP contribution in [0.1, 0.15) is 25.0 Å². The van der Waals surface area contributed by atoms with Crippen LogP contribution in [0.4, 0.5) is 0 Å². The first-order valence-corrected chi connectivity index (χ1v) is 19.7. The van der Waals surface area contributed by atoms with Crippen LogP contribution >= 0.6 is 0 Å². The van der Waals surface area contributed by atoms with E-state index in [0.717, 1.165) is 39.0 Å². The molecular weight excluding hydrogens is 689 g/mol. The Bertz CT molecular complexity index is 3210. The van der Waals surface area contributed by atoms with Crippen molar-refractivity contribution in [1.29, 1.82) is 0 Å². The van der Waals surface area contributed by atoms with E-state index in [9.17, 15) is 0 Å². The van der Waals surface area contributed by atoms with Gasteiger partial charge in [-0.3, -0.25) is 0 Å². The summed E-state index contributed by atoms with van der Waals surface area (Å²) in [6.45, 7) is 4.73. The Balaban J connectivity index is 1.06. The van der Waals surface area contributed by atoms with Crippen molar-refractivity contribution < 1.29 is 0 Å². The molecule has 2 nitrogen and oxygen atoms in total. The predicted octanol–water partition coefficient (Wildman–Crippen LogP) is 14.6. The highest BCUT2D eigenvalue weighted by Crippen LogP contribution is 2.52. The summed E-state index contributed by atoms with van der Waals surface area (Å²) in [5.74, 6) is 0.710. The van der Waals surface area contributed by atoms with Gasteiger partial charge in [0.05, 0.1) is 11.4 Å². The largest absolute Gasteiger partial charge is 0.228 e. The number of nitrogens with zero attached hydrogens (tertiary/aromatic N) is 2. The summed E-state index contributed by atoms with van der Waals surface area (Å²) in [5, 5.41) is 7.38. The summed E-state index contributed by atoms with van der Waals surface area (Å²) in [5.41, 5.74) is 15.0. The number of aromatic nitrogens is 2. The average molecular weight is 727 g/mol. The van der Waals surface area contributed by atoms with Crippen molar-refractivity contribution in [1.82, 2.24) is 9.97 Å². The van der Waals surface area contributed by atoms with Crippen LogP contribution in [0.2, 0.25) is 0 Å². The summed E-state index contributed by atoms with van der Waals surface area (Å²) in [4.78, 5) is 10.6. The second-order valence-electron chi connectivity index (χ2n) is 15.7. The molecule has 0 radical (unpaired) electrons. The molecule has 0 atom stereocenters. The van der Waals surface area contributed by atoms with E-state index in [0.29, 0.717) is 5.82 Å². The molecule has 1 aliphatic carbocycles.